The minimum Gasteiger partial charge on any atom is -0.356 e. The predicted octanol–water partition coefficient (Wildman–Crippen LogP) is 2.02. The van der Waals surface area contributed by atoms with Gasteiger partial charge in [-0.25, -0.2) is 4.98 Å². The van der Waals surface area contributed by atoms with Crippen molar-refractivity contribution in [3.63, 3.8) is 0 Å². The predicted molar refractivity (Wildman–Crippen MR) is 70.4 cm³/mol. The molecule has 1 aromatic heterocycles. The summed E-state index contributed by atoms with van der Waals surface area (Å²) in [7, 11) is 0. The fraction of sp³-hybridized carbons (Fsp3) is 0.500. The number of anilines is 1. The van der Waals surface area contributed by atoms with E-state index in [-0.39, 0.29) is 24.8 Å². The Labute approximate surface area is 104 Å². The van der Waals surface area contributed by atoms with E-state index < -0.39 is 0 Å². The van der Waals surface area contributed by atoms with Gasteiger partial charge in [0.25, 0.3) is 0 Å². The molecule has 0 fully saturated rings. The van der Waals surface area contributed by atoms with Crippen LogP contribution in [0.3, 0.4) is 0 Å². The maximum Gasteiger partial charge on any atom is 0.128 e. The summed E-state index contributed by atoms with van der Waals surface area (Å²) in [6, 6.07) is 4.08. The van der Waals surface area contributed by atoms with E-state index in [9.17, 15) is 0 Å². The van der Waals surface area contributed by atoms with Gasteiger partial charge in [0, 0.05) is 25.8 Å². The summed E-state index contributed by atoms with van der Waals surface area (Å²) in [5, 5.41) is 0. The number of hydrogen-bond acceptors (Lipinski definition) is 3. The number of likely N-dealkylation sites (N-methyl/N-ethyl adjacent to an activating group) is 1. The minimum absolute atomic E-state index is 0. The molecule has 0 aromatic carbocycles. The highest BCUT2D eigenvalue weighted by molar-refractivity contribution is 5.85. The smallest absolute Gasteiger partial charge is 0.128 e. The van der Waals surface area contributed by atoms with Crippen molar-refractivity contribution in [2.45, 2.75) is 13.8 Å². The Hall–Kier alpha value is -0.510. The Kier molecular flexibility index (Phi) is 9.88. The van der Waals surface area contributed by atoms with Gasteiger partial charge in [-0.3, -0.25) is 0 Å². The van der Waals surface area contributed by atoms with Gasteiger partial charge >= 0.3 is 0 Å². The monoisotopic (exact) mass is 251 g/mol. The standard InChI is InChI=1S/C10H17N3.2ClH/c1-3-13(7-5-11)10-8-9(2)4-6-12-10;;/h4,6,8H,3,5,7,11H2,1-2H3;2*1H. The van der Waals surface area contributed by atoms with E-state index in [4.69, 9.17) is 5.73 Å². The first-order valence-electron chi connectivity index (χ1n) is 4.65. The molecule has 0 aliphatic rings. The van der Waals surface area contributed by atoms with Crippen LogP contribution in [0.1, 0.15) is 12.5 Å². The van der Waals surface area contributed by atoms with Gasteiger partial charge in [-0.1, -0.05) is 0 Å². The zero-order valence-corrected chi connectivity index (χ0v) is 10.8. The quantitative estimate of drug-likeness (QED) is 0.891. The molecule has 0 aliphatic heterocycles. The van der Waals surface area contributed by atoms with Crippen molar-refractivity contribution in [2.24, 2.45) is 5.73 Å². The Morgan fingerprint density at radius 2 is 2.07 bits per heavy atom. The molecule has 15 heavy (non-hydrogen) atoms. The van der Waals surface area contributed by atoms with E-state index in [1.165, 1.54) is 5.56 Å². The Morgan fingerprint density at radius 1 is 1.40 bits per heavy atom. The third-order valence-corrected chi connectivity index (χ3v) is 2.01. The molecule has 88 valence electrons. The Morgan fingerprint density at radius 3 is 2.53 bits per heavy atom. The molecular formula is C10H19Cl2N3. The van der Waals surface area contributed by atoms with Crippen molar-refractivity contribution in [1.29, 1.82) is 0 Å². The van der Waals surface area contributed by atoms with E-state index in [1.54, 1.807) is 0 Å². The van der Waals surface area contributed by atoms with E-state index in [2.05, 4.69) is 29.8 Å². The van der Waals surface area contributed by atoms with Crippen LogP contribution in [0.2, 0.25) is 0 Å². The van der Waals surface area contributed by atoms with Gasteiger partial charge < -0.3 is 10.6 Å². The number of nitrogens with zero attached hydrogens (tertiary/aromatic N) is 2. The van der Waals surface area contributed by atoms with Crippen LogP contribution in [0.25, 0.3) is 0 Å². The third-order valence-electron chi connectivity index (χ3n) is 2.01. The highest BCUT2D eigenvalue weighted by Gasteiger charge is 2.03. The molecule has 0 bridgehead atoms. The molecule has 1 aromatic rings. The molecular weight excluding hydrogens is 233 g/mol. The van der Waals surface area contributed by atoms with Crippen LogP contribution in [-0.4, -0.2) is 24.6 Å². The average Bonchev–Trinajstić information content (AvgIpc) is 2.14. The average molecular weight is 252 g/mol. The van der Waals surface area contributed by atoms with Gasteiger partial charge in [0.1, 0.15) is 5.82 Å². The first-order valence-corrected chi connectivity index (χ1v) is 4.65. The number of aromatic nitrogens is 1. The van der Waals surface area contributed by atoms with Gasteiger partial charge in [0.15, 0.2) is 0 Å². The molecule has 1 heterocycles. The summed E-state index contributed by atoms with van der Waals surface area (Å²) in [6.07, 6.45) is 1.84. The first kappa shape index (κ1) is 16.9. The molecule has 0 spiro atoms. The summed E-state index contributed by atoms with van der Waals surface area (Å²) in [6.45, 7) is 6.67. The normalized spacial score (nSPS) is 8.73. The van der Waals surface area contributed by atoms with Crippen LogP contribution < -0.4 is 10.6 Å². The first-order chi connectivity index (χ1) is 6.27. The number of hydrogen-bond donors (Lipinski definition) is 1. The van der Waals surface area contributed by atoms with Gasteiger partial charge in [0.2, 0.25) is 0 Å². The Balaban J connectivity index is 0. The molecule has 0 aliphatic carbocycles. The fourth-order valence-electron chi connectivity index (χ4n) is 1.28. The maximum absolute atomic E-state index is 5.51. The van der Waals surface area contributed by atoms with Crippen molar-refractivity contribution in [1.82, 2.24) is 4.98 Å². The molecule has 2 N–H and O–H groups in total. The molecule has 5 heteroatoms. The summed E-state index contributed by atoms with van der Waals surface area (Å²) >= 11 is 0. The zero-order chi connectivity index (χ0) is 9.68. The maximum atomic E-state index is 5.51. The van der Waals surface area contributed by atoms with Crippen molar-refractivity contribution in [3.05, 3.63) is 23.9 Å². The number of pyridine rings is 1. The van der Waals surface area contributed by atoms with Crippen molar-refractivity contribution in [2.75, 3.05) is 24.5 Å². The summed E-state index contributed by atoms with van der Waals surface area (Å²) in [5.41, 5.74) is 6.75. The second kappa shape index (κ2) is 8.77. The second-order valence-electron chi connectivity index (χ2n) is 3.06. The summed E-state index contributed by atoms with van der Waals surface area (Å²) in [4.78, 5) is 6.47. The molecule has 3 nitrogen and oxygen atoms in total. The highest BCUT2D eigenvalue weighted by Crippen LogP contribution is 2.10. The van der Waals surface area contributed by atoms with E-state index in [0.717, 1.165) is 18.9 Å². The lowest BCUT2D eigenvalue weighted by atomic mass is 10.3. The van der Waals surface area contributed by atoms with E-state index >= 15 is 0 Å². The van der Waals surface area contributed by atoms with Crippen molar-refractivity contribution < 1.29 is 0 Å². The highest BCUT2D eigenvalue weighted by atomic mass is 35.5. The van der Waals surface area contributed by atoms with Crippen LogP contribution >= 0.6 is 24.8 Å². The SMILES string of the molecule is CCN(CCN)c1cc(C)ccn1.Cl.Cl. The third kappa shape index (κ3) is 5.21. The van der Waals surface area contributed by atoms with Gasteiger partial charge in [-0.05, 0) is 31.5 Å². The molecule has 1 rings (SSSR count). The molecule has 0 radical (unpaired) electrons. The van der Waals surface area contributed by atoms with Crippen LogP contribution in [-0.2, 0) is 0 Å². The number of nitrogens with two attached hydrogens (primary N) is 1. The molecule has 0 saturated carbocycles. The summed E-state index contributed by atoms with van der Waals surface area (Å²) < 4.78 is 0. The van der Waals surface area contributed by atoms with E-state index in [0.29, 0.717) is 6.54 Å². The fourth-order valence-corrected chi connectivity index (χ4v) is 1.28. The van der Waals surface area contributed by atoms with Crippen LogP contribution in [0.4, 0.5) is 5.82 Å². The minimum atomic E-state index is 0. The van der Waals surface area contributed by atoms with Crippen LogP contribution in [0.5, 0.6) is 0 Å². The van der Waals surface area contributed by atoms with Crippen molar-refractivity contribution in [3.8, 4) is 0 Å². The molecule has 0 amide bonds. The van der Waals surface area contributed by atoms with Gasteiger partial charge in [0.05, 0.1) is 0 Å². The zero-order valence-electron chi connectivity index (χ0n) is 9.14. The molecule has 0 atom stereocenters. The molecule has 0 unspecified atom stereocenters. The van der Waals surface area contributed by atoms with Crippen LogP contribution in [0.15, 0.2) is 18.3 Å². The van der Waals surface area contributed by atoms with Gasteiger partial charge in [-0.2, -0.15) is 0 Å². The van der Waals surface area contributed by atoms with Crippen molar-refractivity contribution >= 4 is 30.6 Å². The second-order valence-corrected chi connectivity index (χ2v) is 3.06. The Bertz CT molecular complexity index is 269. The van der Waals surface area contributed by atoms with E-state index in [1.807, 2.05) is 12.3 Å². The molecule has 0 saturated heterocycles. The lowest BCUT2D eigenvalue weighted by Crippen LogP contribution is -2.29. The lowest BCUT2D eigenvalue weighted by Gasteiger charge is -2.20. The van der Waals surface area contributed by atoms with Crippen LogP contribution in [0, 0.1) is 6.92 Å². The van der Waals surface area contributed by atoms with Gasteiger partial charge in [-0.15, -0.1) is 24.8 Å². The number of aryl methyl sites for hydroxylation is 1. The topological polar surface area (TPSA) is 42.1 Å². The number of halogens is 2. The lowest BCUT2D eigenvalue weighted by molar-refractivity contribution is 0.801. The summed E-state index contributed by atoms with van der Waals surface area (Å²) in [5.74, 6) is 1.02. The largest absolute Gasteiger partial charge is 0.356 e. The number of rotatable bonds is 4.